The number of alkyl halides is 3. The van der Waals surface area contributed by atoms with Crippen molar-refractivity contribution >= 4 is 10.9 Å². The highest BCUT2D eigenvalue weighted by molar-refractivity contribution is 5.84. The van der Waals surface area contributed by atoms with Crippen LogP contribution >= 0.6 is 0 Å². The van der Waals surface area contributed by atoms with Gasteiger partial charge in [-0.25, -0.2) is 0 Å². The van der Waals surface area contributed by atoms with Crippen LogP contribution < -0.4 is 0 Å². The highest BCUT2D eigenvalue weighted by Gasteiger charge is 2.40. The second-order valence-electron chi connectivity index (χ2n) is 5.88. The van der Waals surface area contributed by atoms with Crippen LogP contribution in [-0.4, -0.2) is 29.1 Å². The predicted molar refractivity (Wildman–Crippen MR) is 80.5 cm³/mol. The van der Waals surface area contributed by atoms with E-state index in [2.05, 4.69) is 11.1 Å². The van der Waals surface area contributed by atoms with Gasteiger partial charge >= 0.3 is 6.18 Å². The first kappa shape index (κ1) is 15.8. The van der Waals surface area contributed by atoms with Crippen molar-refractivity contribution in [2.24, 2.45) is 5.92 Å². The summed E-state index contributed by atoms with van der Waals surface area (Å²) in [5, 5.41) is 10.1. The van der Waals surface area contributed by atoms with Gasteiger partial charge in [-0.2, -0.15) is 18.4 Å². The number of para-hydroxylation sites is 1. The molecule has 2 aromatic rings. The van der Waals surface area contributed by atoms with E-state index in [1.54, 1.807) is 6.07 Å². The van der Waals surface area contributed by atoms with Crippen LogP contribution in [-0.2, 0) is 6.54 Å². The maximum absolute atomic E-state index is 12.7. The Hall–Kier alpha value is -2.13. The second-order valence-corrected chi connectivity index (χ2v) is 5.88. The molecule has 0 saturated carbocycles. The normalized spacial score (nSPS) is 17.3. The van der Waals surface area contributed by atoms with Crippen LogP contribution in [0, 0.1) is 17.2 Å². The van der Waals surface area contributed by atoms with Crippen molar-refractivity contribution in [1.82, 2.24) is 9.88 Å². The number of benzene rings is 1. The van der Waals surface area contributed by atoms with Crippen molar-refractivity contribution in [1.29, 1.82) is 5.26 Å². The van der Waals surface area contributed by atoms with E-state index in [9.17, 15) is 18.4 Å². The molecule has 0 radical (unpaired) electrons. The van der Waals surface area contributed by atoms with Crippen molar-refractivity contribution in [2.45, 2.75) is 25.6 Å². The molecule has 0 unspecified atom stereocenters. The highest BCUT2D eigenvalue weighted by Crippen LogP contribution is 2.34. The minimum atomic E-state index is -4.10. The van der Waals surface area contributed by atoms with E-state index in [4.69, 9.17) is 0 Å². The number of pyridine rings is 1. The van der Waals surface area contributed by atoms with Gasteiger partial charge in [0.05, 0.1) is 28.8 Å². The quantitative estimate of drug-likeness (QED) is 0.843. The first-order valence-corrected chi connectivity index (χ1v) is 7.55. The summed E-state index contributed by atoms with van der Waals surface area (Å²) in [5.41, 5.74) is 2.02. The van der Waals surface area contributed by atoms with Crippen molar-refractivity contribution in [2.75, 3.05) is 13.1 Å². The third kappa shape index (κ3) is 3.45. The van der Waals surface area contributed by atoms with Gasteiger partial charge in [0, 0.05) is 11.9 Å². The minimum Gasteiger partial charge on any atom is -0.297 e. The number of likely N-dealkylation sites (tertiary alicyclic amines) is 1. The van der Waals surface area contributed by atoms with Crippen LogP contribution in [0.5, 0.6) is 0 Å². The number of nitriles is 1. The molecule has 1 aromatic heterocycles. The Kier molecular flexibility index (Phi) is 4.22. The molecule has 0 spiro atoms. The lowest BCUT2D eigenvalue weighted by Gasteiger charge is -2.32. The maximum Gasteiger partial charge on any atom is 0.391 e. The topological polar surface area (TPSA) is 39.9 Å². The van der Waals surface area contributed by atoms with Crippen LogP contribution in [0.25, 0.3) is 10.9 Å². The maximum atomic E-state index is 12.7. The number of halogens is 3. The van der Waals surface area contributed by atoms with Gasteiger partial charge in [-0.05, 0) is 38.1 Å². The summed E-state index contributed by atoms with van der Waals surface area (Å²) in [4.78, 5) is 6.50. The van der Waals surface area contributed by atoms with E-state index < -0.39 is 12.1 Å². The van der Waals surface area contributed by atoms with Crippen LogP contribution in [0.4, 0.5) is 13.2 Å². The van der Waals surface area contributed by atoms with Gasteiger partial charge in [0.15, 0.2) is 0 Å². The Bertz CT molecular complexity index is 741. The zero-order chi connectivity index (χ0) is 16.4. The van der Waals surface area contributed by atoms with Gasteiger partial charge < -0.3 is 0 Å². The predicted octanol–water partition coefficient (Wildman–Crippen LogP) is 3.88. The molecular weight excluding hydrogens is 303 g/mol. The van der Waals surface area contributed by atoms with E-state index in [0.29, 0.717) is 25.2 Å². The molecule has 1 saturated heterocycles. The summed E-state index contributed by atoms with van der Waals surface area (Å²) in [6.45, 7) is 1.28. The smallest absolute Gasteiger partial charge is 0.297 e. The fourth-order valence-electron chi connectivity index (χ4n) is 3.05. The van der Waals surface area contributed by atoms with Crippen molar-refractivity contribution in [3.8, 4) is 6.07 Å². The van der Waals surface area contributed by atoms with Crippen molar-refractivity contribution in [3.05, 3.63) is 41.6 Å². The molecule has 0 bridgehead atoms. The molecular formula is C17H16F3N3. The third-order valence-corrected chi connectivity index (χ3v) is 4.33. The number of rotatable bonds is 2. The van der Waals surface area contributed by atoms with E-state index >= 15 is 0 Å². The molecule has 1 aliphatic heterocycles. The van der Waals surface area contributed by atoms with E-state index in [1.807, 2.05) is 29.2 Å². The Labute approximate surface area is 132 Å². The van der Waals surface area contributed by atoms with Crippen LogP contribution in [0.2, 0.25) is 0 Å². The van der Waals surface area contributed by atoms with Gasteiger partial charge in [0.1, 0.15) is 0 Å². The first-order valence-electron chi connectivity index (χ1n) is 7.55. The molecule has 2 heterocycles. The molecule has 1 fully saturated rings. The molecule has 1 aromatic carbocycles. The Balaban J connectivity index is 1.74. The van der Waals surface area contributed by atoms with Gasteiger partial charge in [0.2, 0.25) is 0 Å². The number of hydrogen-bond donors (Lipinski definition) is 0. The zero-order valence-electron chi connectivity index (χ0n) is 12.5. The largest absolute Gasteiger partial charge is 0.391 e. The Morgan fingerprint density at radius 1 is 1.22 bits per heavy atom. The minimum absolute atomic E-state index is 0.127. The van der Waals surface area contributed by atoms with E-state index in [0.717, 1.165) is 16.6 Å². The van der Waals surface area contributed by atoms with Crippen LogP contribution in [0.1, 0.15) is 24.1 Å². The molecule has 6 heteroatoms. The second kappa shape index (κ2) is 6.17. The fourth-order valence-corrected chi connectivity index (χ4v) is 3.05. The van der Waals surface area contributed by atoms with E-state index in [-0.39, 0.29) is 12.8 Å². The van der Waals surface area contributed by atoms with Gasteiger partial charge in [0.25, 0.3) is 0 Å². The number of nitrogens with zero attached hydrogens (tertiary/aromatic N) is 3. The summed E-state index contributed by atoms with van der Waals surface area (Å²) in [5.74, 6) is -1.20. The monoisotopic (exact) mass is 319 g/mol. The van der Waals surface area contributed by atoms with Crippen molar-refractivity contribution in [3.63, 3.8) is 0 Å². The molecule has 23 heavy (non-hydrogen) atoms. The Morgan fingerprint density at radius 3 is 2.57 bits per heavy atom. The molecule has 0 amide bonds. The summed E-state index contributed by atoms with van der Waals surface area (Å²) < 4.78 is 38.1. The van der Waals surface area contributed by atoms with E-state index in [1.165, 1.54) is 0 Å². The van der Waals surface area contributed by atoms with Crippen LogP contribution in [0.15, 0.2) is 30.3 Å². The first-order chi connectivity index (χ1) is 11.0. The molecule has 0 aliphatic carbocycles. The third-order valence-electron chi connectivity index (χ3n) is 4.33. The lowest BCUT2D eigenvalue weighted by molar-refractivity contribution is -0.185. The average Bonchev–Trinajstić information content (AvgIpc) is 2.53. The standard InChI is InChI=1S/C17H16F3N3/c18-17(19,20)13-5-7-23(8-6-13)11-14-9-12(10-21)15-3-1-2-4-16(15)22-14/h1-4,9,13H,5-8,11H2. The Morgan fingerprint density at radius 2 is 1.91 bits per heavy atom. The lowest BCUT2D eigenvalue weighted by atomic mass is 9.96. The molecule has 120 valence electrons. The van der Waals surface area contributed by atoms with Gasteiger partial charge in [-0.3, -0.25) is 9.88 Å². The number of aromatic nitrogens is 1. The summed E-state index contributed by atoms with van der Waals surface area (Å²) >= 11 is 0. The number of fused-ring (bicyclic) bond motifs is 1. The SMILES string of the molecule is N#Cc1cc(CN2CCC(C(F)(F)F)CC2)nc2ccccc12. The molecule has 0 N–H and O–H groups in total. The van der Waals surface area contributed by atoms with Crippen molar-refractivity contribution < 1.29 is 13.2 Å². The van der Waals surface area contributed by atoms with Gasteiger partial charge in [-0.15, -0.1) is 0 Å². The van der Waals surface area contributed by atoms with Crippen LogP contribution in [0.3, 0.4) is 0 Å². The number of hydrogen-bond acceptors (Lipinski definition) is 3. The fraction of sp³-hybridized carbons (Fsp3) is 0.412. The lowest BCUT2D eigenvalue weighted by Crippen LogP contribution is -2.38. The molecule has 1 aliphatic rings. The summed E-state index contributed by atoms with van der Waals surface area (Å²) in [7, 11) is 0. The molecule has 3 rings (SSSR count). The summed E-state index contributed by atoms with van der Waals surface area (Å²) in [6.07, 6.45) is -3.84. The molecule has 0 atom stereocenters. The molecule has 3 nitrogen and oxygen atoms in total. The number of piperidine rings is 1. The average molecular weight is 319 g/mol. The summed E-state index contributed by atoms with van der Waals surface area (Å²) in [6, 6.07) is 11.3. The zero-order valence-corrected chi connectivity index (χ0v) is 12.5. The van der Waals surface area contributed by atoms with Gasteiger partial charge in [-0.1, -0.05) is 18.2 Å². The highest BCUT2D eigenvalue weighted by atomic mass is 19.4.